The van der Waals surface area contributed by atoms with Gasteiger partial charge in [-0.25, -0.2) is 9.59 Å². The van der Waals surface area contributed by atoms with Crippen LogP contribution in [0.3, 0.4) is 0 Å². The number of ether oxygens (including phenoxy) is 4. The van der Waals surface area contributed by atoms with E-state index in [-0.39, 0.29) is 27.0 Å². The zero-order valence-corrected chi connectivity index (χ0v) is 25.6. The van der Waals surface area contributed by atoms with Crippen LogP contribution in [-0.2, 0) is 25.2 Å². The van der Waals surface area contributed by atoms with Crippen LogP contribution in [0, 0.1) is 0 Å². The van der Waals surface area contributed by atoms with Crippen LogP contribution >= 0.6 is 7.82 Å². The van der Waals surface area contributed by atoms with Gasteiger partial charge in [0.2, 0.25) is 6.23 Å². The number of aliphatic hydroxyl groups excluding tert-OH is 1. The first-order valence-corrected chi connectivity index (χ1v) is 15.2. The summed E-state index contributed by atoms with van der Waals surface area (Å²) in [5, 5.41) is 12.0. The molecule has 46 heavy (non-hydrogen) atoms. The van der Waals surface area contributed by atoms with E-state index in [2.05, 4.69) is 35.6 Å². The molecule has 16 nitrogen and oxygen atoms in total. The lowest BCUT2D eigenvalue weighted by Gasteiger charge is -2.21. The third kappa shape index (κ3) is 9.22. The van der Waals surface area contributed by atoms with Crippen molar-refractivity contribution in [3.63, 3.8) is 0 Å². The molecule has 0 saturated carbocycles. The topological polar surface area (TPSA) is 208 Å². The van der Waals surface area contributed by atoms with E-state index < -0.39 is 82.8 Å². The number of phosphoric acid groups is 1. The average Bonchev–Trinajstić information content (AvgIpc) is 3.52. The van der Waals surface area contributed by atoms with Crippen molar-refractivity contribution in [2.24, 2.45) is 0 Å². The van der Waals surface area contributed by atoms with E-state index in [1.54, 1.807) is 4.90 Å². The molecule has 0 bridgehead atoms. The van der Waals surface area contributed by atoms with Crippen molar-refractivity contribution < 1.29 is 74.0 Å². The van der Waals surface area contributed by atoms with E-state index in [1.807, 2.05) is 0 Å². The van der Waals surface area contributed by atoms with Crippen LogP contribution in [0.1, 0.15) is 41.0 Å². The normalized spacial score (nSPS) is 22.6. The van der Waals surface area contributed by atoms with Crippen LogP contribution in [0.5, 0.6) is 11.5 Å². The number of quaternary nitrogens is 1. The lowest BCUT2D eigenvalue weighted by Crippen LogP contribution is -3.11. The highest BCUT2D eigenvalue weighted by Crippen LogP contribution is 2.43. The number of nitrogens with zero attached hydrogens (tertiary/aromatic N) is 2. The molecule has 1 fully saturated rings. The number of fused-ring (bicyclic) bond motifs is 1. The lowest BCUT2D eigenvalue weighted by molar-refractivity contribution is -0.894. The Labute approximate surface area is 270 Å². The molecule has 1 saturated heterocycles. The smallest absolute Gasteiger partial charge is 0.413 e. The Kier molecular flexibility index (Phi) is 9.80. The summed E-state index contributed by atoms with van der Waals surface area (Å²) in [4.78, 5) is 49.2. The molecule has 0 aliphatic carbocycles. The predicted molar refractivity (Wildman–Crippen MR) is 155 cm³/mol. The average molecular weight is 685 g/mol. The predicted octanol–water partition coefficient (Wildman–Crippen LogP) is 1.06. The third-order valence-corrected chi connectivity index (χ3v) is 7.25. The van der Waals surface area contributed by atoms with Crippen molar-refractivity contribution in [3.05, 3.63) is 46.7 Å². The first-order chi connectivity index (χ1) is 24.0. The molecular weight excluding hydrogens is 641 g/mol. The molecule has 4 atom stereocenters. The maximum atomic E-state index is 14.6. The molecule has 3 aromatic rings. The third-order valence-electron chi connectivity index (χ3n) is 6.77. The summed E-state index contributed by atoms with van der Waals surface area (Å²) in [6, 6.07) is 4.35. The van der Waals surface area contributed by atoms with Crippen LogP contribution in [0.2, 0.25) is 0 Å². The summed E-state index contributed by atoms with van der Waals surface area (Å²) < 4.78 is 113. The fourth-order valence-electron chi connectivity index (χ4n) is 4.32. The Hall–Kier alpha value is -3.64. The molecular formula is C27H37F2N4O12P. The maximum absolute atomic E-state index is 14.6. The van der Waals surface area contributed by atoms with Gasteiger partial charge in [-0.15, -0.1) is 0 Å². The van der Waals surface area contributed by atoms with E-state index in [0.29, 0.717) is 0 Å². The van der Waals surface area contributed by atoms with Crippen molar-refractivity contribution in [1.29, 1.82) is 0 Å². The first kappa shape index (κ1) is 28.6. The number of carbonyl (C=O) groups excluding carboxylic acids is 1. The number of halogens is 2. The second kappa shape index (κ2) is 15.8. The number of hydrogen-bond acceptors (Lipinski definition) is 12. The van der Waals surface area contributed by atoms with Gasteiger partial charge in [0.15, 0.2) is 24.0 Å². The summed E-state index contributed by atoms with van der Waals surface area (Å²) in [6.45, 7) is 8.71. The fourth-order valence-corrected chi connectivity index (χ4v) is 4.65. The Morgan fingerprint density at radius 3 is 2.52 bits per heavy atom. The van der Waals surface area contributed by atoms with E-state index >= 15 is 0 Å². The standard InChI is InChI=1S/C21H22F2N3O12P.C6H15N/c1-33-11-5-10-6-12(37-16(10)13(7-11)34-2)8-35-20(29)25-15-3-4-26(19(28)24-15)18-21(22,23)17(27)14(38-18)9-36-39(30,31)32;1-4-7(5-2)6-3/h3-7,14,17-18,27H,8-9H2,1-2H3,(H2,30,31,32)(H,24,25,28,29);4-6H2,1-3H3/t14-,17-,18-;/m1./s1/i1D3,2D3;. The Morgan fingerprint density at radius 2 is 1.93 bits per heavy atom. The minimum Gasteiger partial charge on any atom is -0.756 e. The quantitative estimate of drug-likeness (QED) is 0.197. The summed E-state index contributed by atoms with van der Waals surface area (Å²) in [5.41, 5.74) is -1.53. The molecule has 2 aromatic heterocycles. The lowest BCUT2D eigenvalue weighted by atomic mass is 10.1. The van der Waals surface area contributed by atoms with Gasteiger partial charge >= 0.3 is 17.7 Å². The molecule has 4 rings (SSSR count). The fraction of sp³-hybridized carbons (Fsp3) is 0.519. The van der Waals surface area contributed by atoms with Crippen molar-refractivity contribution >= 4 is 30.7 Å². The number of amides is 1. The van der Waals surface area contributed by atoms with Crippen LogP contribution in [0.25, 0.3) is 11.0 Å². The largest absolute Gasteiger partial charge is 0.756 e. The van der Waals surface area contributed by atoms with Crippen molar-refractivity contribution in [3.8, 4) is 11.5 Å². The number of anilines is 1. The highest BCUT2D eigenvalue weighted by Gasteiger charge is 2.59. The van der Waals surface area contributed by atoms with Gasteiger partial charge in [0.25, 0.3) is 7.82 Å². The van der Waals surface area contributed by atoms with Crippen LogP contribution < -0.4 is 30.3 Å². The van der Waals surface area contributed by atoms with Crippen molar-refractivity contribution in [2.45, 2.75) is 51.7 Å². The number of hydrogen-bond donors (Lipinski definition) is 4. The van der Waals surface area contributed by atoms with Gasteiger partial charge in [-0.2, -0.15) is 13.8 Å². The number of benzene rings is 1. The van der Waals surface area contributed by atoms with E-state index in [0.717, 1.165) is 18.3 Å². The molecule has 3 heterocycles. The maximum Gasteiger partial charge on any atom is 0.413 e. The number of aliphatic hydroxyl groups is 1. The number of carbonyl (C=O) groups is 1. The number of nitrogens with one attached hydrogen (secondary N) is 2. The highest BCUT2D eigenvalue weighted by atomic mass is 31.2. The Balaban J connectivity index is 0.000000944. The van der Waals surface area contributed by atoms with Crippen LogP contribution in [0.4, 0.5) is 19.4 Å². The summed E-state index contributed by atoms with van der Waals surface area (Å²) in [7, 11) is -11.2. The minimum atomic E-state index is -5.34. The molecule has 1 unspecified atom stereocenters. The van der Waals surface area contributed by atoms with Gasteiger partial charge in [-0.1, -0.05) is 0 Å². The van der Waals surface area contributed by atoms with E-state index in [1.165, 1.54) is 31.8 Å². The summed E-state index contributed by atoms with van der Waals surface area (Å²) >= 11 is 0. The molecule has 0 spiro atoms. The molecule has 1 aliphatic rings. The zero-order chi connectivity index (χ0) is 39.2. The van der Waals surface area contributed by atoms with Gasteiger partial charge in [0.05, 0.1) is 48.5 Å². The van der Waals surface area contributed by atoms with E-state index in [9.17, 15) is 32.9 Å². The molecule has 1 aromatic carbocycles. The number of rotatable bonds is 12. The van der Waals surface area contributed by atoms with Crippen LogP contribution in [0.15, 0.2) is 39.7 Å². The monoisotopic (exact) mass is 684 g/mol. The first-order valence-electron chi connectivity index (χ1n) is 16.7. The number of furan rings is 1. The number of phosphoric ester groups is 1. The van der Waals surface area contributed by atoms with Crippen LogP contribution in [-0.4, -0.2) is 84.1 Å². The van der Waals surface area contributed by atoms with Gasteiger partial charge in [0, 0.05) is 17.6 Å². The number of alkyl halides is 2. The van der Waals surface area contributed by atoms with Gasteiger partial charge in [-0.05, 0) is 39.0 Å². The Bertz CT molecular complexity index is 1780. The van der Waals surface area contributed by atoms with Gasteiger partial charge < -0.3 is 47.7 Å². The minimum absolute atomic E-state index is 0.0720. The second-order valence-electron chi connectivity index (χ2n) is 9.68. The zero-order valence-electron chi connectivity index (χ0n) is 30.7. The molecule has 19 heteroatoms. The van der Waals surface area contributed by atoms with Gasteiger partial charge in [0.1, 0.15) is 23.4 Å². The SMILES string of the molecule is CC[NH+](CC)CC.[2H]C([2H])([2H])Oc1cc(OC([2H])([2H])[2H])c2oc(COC(=O)Nc3ccn([C@@H]4O[C@H](COP(=O)([O-])O)[C@@H](O)C4(F)F)c(=O)n3)cc2c1. The molecule has 1 aliphatic heterocycles. The summed E-state index contributed by atoms with van der Waals surface area (Å²) in [5.74, 6) is -5.35. The number of methoxy groups -OCH3 is 2. The highest BCUT2D eigenvalue weighted by molar-refractivity contribution is 7.44. The summed E-state index contributed by atoms with van der Waals surface area (Å²) in [6.07, 6.45) is -7.55. The Morgan fingerprint density at radius 1 is 1.24 bits per heavy atom. The van der Waals surface area contributed by atoms with Gasteiger partial charge in [-0.3, -0.25) is 14.4 Å². The van der Waals surface area contributed by atoms with Crippen molar-refractivity contribution in [1.82, 2.24) is 9.55 Å². The molecule has 1 amide bonds. The molecule has 0 radical (unpaired) electrons. The second-order valence-corrected chi connectivity index (χ2v) is 10.9. The molecule has 4 N–H and O–H groups in total. The van der Waals surface area contributed by atoms with E-state index in [4.69, 9.17) is 36.5 Å². The van der Waals surface area contributed by atoms with Crippen molar-refractivity contribution in [2.75, 3.05) is 45.6 Å². The number of aromatic nitrogens is 2. The molecule has 256 valence electrons.